The molecule has 0 rings (SSSR count). The van der Waals surface area contributed by atoms with Crippen LogP contribution in [0.25, 0.3) is 0 Å². The molecule has 0 aromatic rings. The van der Waals surface area contributed by atoms with E-state index in [1.54, 1.807) is 0 Å². The summed E-state index contributed by atoms with van der Waals surface area (Å²) in [4.78, 5) is 4.29. The second kappa shape index (κ2) is 12.7. The minimum absolute atomic E-state index is 0.327. The first kappa shape index (κ1) is 17.2. The summed E-state index contributed by atoms with van der Waals surface area (Å²) in [5.74, 6) is 0.580. The van der Waals surface area contributed by atoms with Crippen LogP contribution in [0.2, 0.25) is 0 Å². The van der Waals surface area contributed by atoms with Crippen molar-refractivity contribution in [1.29, 1.82) is 0 Å². The molecule has 4 nitrogen and oxygen atoms in total. The fourth-order valence-electron chi connectivity index (χ4n) is 1.56. The lowest BCUT2D eigenvalue weighted by molar-refractivity contribution is 0.0762. The number of hydrogen-bond donors (Lipinski definition) is 2. The maximum atomic E-state index is 5.76. The van der Waals surface area contributed by atoms with E-state index in [9.17, 15) is 0 Å². The zero-order valence-corrected chi connectivity index (χ0v) is 12.4. The van der Waals surface area contributed by atoms with Crippen LogP contribution >= 0.6 is 0 Å². The van der Waals surface area contributed by atoms with E-state index in [0.717, 1.165) is 39.0 Å². The number of aliphatic imine (C=N–C) groups is 1. The molecular formula is C14H31N3O. The molecule has 0 radical (unpaired) electrons. The lowest BCUT2D eigenvalue weighted by Crippen LogP contribution is -2.32. The van der Waals surface area contributed by atoms with E-state index in [2.05, 4.69) is 31.1 Å². The van der Waals surface area contributed by atoms with Gasteiger partial charge in [-0.05, 0) is 33.1 Å². The van der Waals surface area contributed by atoms with Crippen LogP contribution < -0.4 is 11.1 Å². The topological polar surface area (TPSA) is 59.6 Å². The SMILES string of the molecule is CCCCCCN=C(N)NCCCCOC(C)C. The summed E-state index contributed by atoms with van der Waals surface area (Å²) in [5.41, 5.74) is 5.76. The van der Waals surface area contributed by atoms with Crippen molar-refractivity contribution >= 4 is 5.96 Å². The van der Waals surface area contributed by atoms with Gasteiger partial charge in [0.15, 0.2) is 5.96 Å². The van der Waals surface area contributed by atoms with Gasteiger partial charge in [-0.1, -0.05) is 26.2 Å². The highest BCUT2D eigenvalue weighted by Gasteiger charge is 1.94. The molecule has 0 aliphatic heterocycles. The summed E-state index contributed by atoms with van der Waals surface area (Å²) < 4.78 is 5.46. The number of hydrogen-bond acceptors (Lipinski definition) is 2. The van der Waals surface area contributed by atoms with Crippen LogP contribution in [0.3, 0.4) is 0 Å². The van der Waals surface area contributed by atoms with Gasteiger partial charge in [0, 0.05) is 19.7 Å². The van der Waals surface area contributed by atoms with Crippen LogP contribution in [0.4, 0.5) is 0 Å². The highest BCUT2D eigenvalue weighted by atomic mass is 16.5. The normalized spacial score (nSPS) is 12.1. The Labute approximate surface area is 112 Å². The summed E-state index contributed by atoms with van der Waals surface area (Å²) >= 11 is 0. The van der Waals surface area contributed by atoms with Crippen molar-refractivity contribution in [2.24, 2.45) is 10.7 Å². The van der Waals surface area contributed by atoms with Crippen LogP contribution in [0.15, 0.2) is 4.99 Å². The number of nitrogens with two attached hydrogens (primary N) is 1. The van der Waals surface area contributed by atoms with Gasteiger partial charge in [-0.25, -0.2) is 0 Å². The second-order valence-electron chi connectivity index (χ2n) is 4.88. The van der Waals surface area contributed by atoms with E-state index in [1.165, 1.54) is 19.3 Å². The number of ether oxygens (including phenoxy) is 1. The Hall–Kier alpha value is -0.770. The van der Waals surface area contributed by atoms with E-state index in [4.69, 9.17) is 10.5 Å². The first-order valence-electron chi connectivity index (χ1n) is 7.32. The number of guanidine groups is 1. The maximum absolute atomic E-state index is 5.76. The minimum atomic E-state index is 0.327. The molecule has 0 amide bonds. The third kappa shape index (κ3) is 13.3. The Morgan fingerprint density at radius 3 is 2.61 bits per heavy atom. The van der Waals surface area contributed by atoms with Crippen molar-refractivity contribution in [1.82, 2.24) is 5.32 Å². The van der Waals surface area contributed by atoms with E-state index in [0.29, 0.717) is 12.1 Å². The smallest absolute Gasteiger partial charge is 0.188 e. The Bertz CT molecular complexity index is 205. The van der Waals surface area contributed by atoms with Crippen LogP contribution in [0.5, 0.6) is 0 Å². The first-order chi connectivity index (χ1) is 8.66. The van der Waals surface area contributed by atoms with Crippen molar-refractivity contribution in [2.45, 2.75) is 65.4 Å². The highest BCUT2D eigenvalue weighted by molar-refractivity contribution is 5.77. The summed E-state index contributed by atoms with van der Waals surface area (Å²) in [6, 6.07) is 0. The molecule has 0 fully saturated rings. The Balaban J connectivity index is 3.29. The fraction of sp³-hybridized carbons (Fsp3) is 0.929. The van der Waals surface area contributed by atoms with Gasteiger partial charge in [0.25, 0.3) is 0 Å². The molecule has 0 bridgehead atoms. The lowest BCUT2D eigenvalue weighted by atomic mass is 10.2. The predicted octanol–water partition coefficient (Wildman–Crippen LogP) is 2.68. The van der Waals surface area contributed by atoms with Gasteiger partial charge in [0.1, 0.15) is 0 Å². The molecule has 0 spiro atoms. The van der Waals surface area contributed by atoms with Crippen molar-refractivity contribution < 1.29 is 4.74 Å². The molecule has 0 aliphatic rings. The Morgan fingerprint density at radius 1 is 1.17 bits per heavy atom. The second-order valence-corrected chi connectivity index (χ2v) is 4.88. The number of unbranched alkanes of at least 4 members (excludes halogenated alkanes) is 4. The number of nitrogens with one attached hydrogen (secondary N) is 1. The van der Waals surface area contributed by atoms with E-state index >= 15 is 0 Å². The average molecular weight is 257 g/mol. The first-order valence-corrected chi connectivity index (χ1v) is 7.32. The molecular weight excluding hydrogens is 226 g/mol. The van der Waals surface area contributed by atoms with E-state index < -0.39 is 0 Å². The molecule has 0 aliphatic carbocycles. The zero-order valence-electron chi connectivity index (χ0n) is 12.4. The van der Waals surface area contributed by atoms with Crippen LogP contribution in [0.1, 0.15) is 59.3 Å². The standard InChI is InChI=1S/C14H31N3O/c1-4-5-6-7-10-16-14(15)17-11-8-9-12-18-13(2)3/h13H,4-12H2,1-3H3,(H3,15,16,17). The van der Waals surface area contributed by atoms with E-state index in [1.807, 2.05) is 0 Å². The van der Waals surface area contributed by atoms with Gasteiger partial charge < -0.3 is 15.8 Å². The third-order valence-electron chi connectivity index (χ3n) is 2.62. The van der Waals surface area contributed by atoms with Crippen LogP contribution in [-0.4, -0.2) is 31.8 Å². The van der Waals surface area contributed by atoms with Crippen LogP contribution in [-0.2, 0) is 4.74 Å². The van der Waals surface area contributed by atoms with Gasteiger partial charge in [-0.15, -0.1) is 0 Å². The average Bonchev–Trinajstić information content (AvgIpc) is 2.33. The molecule has 108 valence electrons. The van der Waals surface area contributed by atoms with Gasteiger partial charge in [-0.3, -0.25) is 4.99 Å². The molecule has 3 N–H and O–H groups in total. The minimum Gasteiger partial charge on any atom is -0.379 e. The lowest BCUT2D eigenvalue weighted by Gasteiger charge is -2.08. The van der Waals surface area contributed by atoms with Gasteiger partial charge in [0.2, 0.25) is 0 Å². The fourth-order valence-corrected chi connectivity index (χ4v) is 1.56. The van der Waals surface area contributed by atoms with Crippen LogP contribution in [0, 0.1) is 0 Å². The van der Waals surface area contributed by atoms with Crippen molar-refractivity contribution in [3.05, 3.63) is 0 Å². The third-order valence-corrected chi connectivity index (χ3v) is 2.62. The van der Waals surface area contributed by atoms with E-state index in [-0.39, 0.29) is 0 Å². The molecule has 0 atom stereocenters. The Kier molecular flexibility index (Phi) is 12.1. The number of nitrogens with zero attached hydrogens (tertiary/aromatic N) is 1. The molecule has 4 heteroatoms. The summed E-state index contributed by atoms with van der Waals surface area (Å²) in [5, 5.41) is 3.13. The Morgan fingerprint density at radius 2 is 1.94 bits per heavy atom. The van der Waals surface area contributed by atoms with Gasteiger partial charge in [-0.2, -0.15) is 0 Å². The molecule has 0 aromatic carbocycles. The van der Waals surface area contributed by atoms with Gasteiger partial charge in [0.05, 0.1) is 6.10 Å². The quantitative estimate of drug-likeness (QED) is 0.340. The largest absolute Gasteiger partial charge is 0.379 e. The predicted molar refractivity (Wildman–Crippen MR) is 79.0 cm³/mol. The van der Waals surface area contributed by atoms with Crippen molar-refractivity contribution in [2.75, 3.05) is 19.7 Å². The number of rotatable bonds is 11. The maximum Gasteiger partial charge on any atom is 0.188 e. The summed E-state index contributed by atoms with van der Waals surface area (Å²) in [6.07, 6.45) is 7.40. The zero-order chi connectivity index (χ0) is 13.6. The van der Waals surface area contributed by atoms with Crippen molar-refractivity contribution in [3.8, 4) is 0 Å². The highest BCUT2D eigenvalue weighted by Crippen LogP contribution is 1.98. The molecule has 0 aromatic heterocycles. The summed E-state index contributed by atoms with van der Waals surface area (Å²) in [6.45, 7) is 8.87. The van der Waals surface area contributed by atoms with Crippen molar-refractivity contribution in [3.63, 3.8) is 0 Å². The monoisotopic (exact) mass is 257 g/mol. The molecule has 18 heavy (non-hydrogen) atoms. The molecule has 0 saturated carbocycles. The molecule has 0 heterocycles. The molecule has 0 unspecified atom stereocenters. The summed E-state index contributed by atoms with van der Waals surface area (Å²) in [7, 11) is 0. The molecule has 0 saturated heterocycles. The van der Waals surface area contributed by atoms with Gasteiger partial charge >= 0.3 is 0 Å².